The second-order valence-corrected chi connectivity index (χ2v) is 7.73. The molecule has 0 spiro atoms. The molecule has 1 aliphatic rings. The van der Waals surface area contributed by atoms with Crippen LogP contribution >= 0.6 is 11.3 Å². The normalized spacial score (nSPS) is 16.3. The van der Waals surface area contributed by atoms with Gasteiger partial charge in [0.05, 0.1) is 11.9 Å². The average molecular weight is 332 g/mol. The molecule has 0 bridgehead atoms. The third-order valence-electron chi connectivity index (χ3n) is 3.21. The highest BCUT2D eigenvalue weighted by Gasteiger charge is 2.22. The van der Waals surface area contributed by atoms with E-state index in [1.54, 1.807) is 16.2 Å². The molecule has 0 saturated carbocycles. The molecule has 2 rings (SSSR count). The Balaban J connectivity index is 1.77. The molecule has 2 heterocycles. The number of aromatic nitrogens is 1. The van der Waals surface area contributed by atoms with Crippen molar-refractivity contribution in [1.29, 1.82) is 0 Å². The summed E-state index contributed by atoms with van der Waals surface area (Å²) in [5, 5.41) is 3.02. The highest BCUT2D eigenvalue weighted by atomic mass is 32.2. The van der Waals surface area contributed by atoms with Crippen molar-refractivity contribution in [1.82, 2.24) is 14.6 Å². The molecule has 1 amide bonds. The van der Waals surface area contributed by atoms with Crippen molar-refractivity contribution in [2.75, 3.05) is 43.9 Å². The van der Waals surface area contributed by atoms with E-state index in [2.05, 4.69) is 14.6 Å². The smallest absolute Gasteiger partial charge is 0.224 e. The Labute approximate surface area is 129 Å². The van der Waals surface area contributed by atoms with E-state index in [0.29, 0.717) is 13.1 Å². The molecule has 1 aromatic rings. The van der Waals surface area contributed by atoms with Crippen LogP contribution in [-0.4, -0.2) is 63.2 Å². The molecule has 1 aromatic heterocycles. The Morgan fingerprint density at radius 1 is 1.38 bits per heavy atom. The van der Waals surface area contributed by atoms with Crippen molar-refractivity contribution >= 4 is 32.4 Å². The summed E-state index contributed by atoms with van der Waals surface area (Å²) in [5.74, 6) is -0.0129. The van der Waals surface area contributed by atoms with Gasteiger partial charge in [0.1, 0.15) is 0 Å². The fourth-order valence-electron chi connectivity index (χ4n) is 2.14. The Morgan fingerprint density at radius 3 is 2.57 bits per heavy atom. The van der Waals surface area contributed by atoms with Crippen LogP contribution in [0.2, 0.25) is 0 Å². The van der Waals surface area contributed by atoms with Crippen LogP contribution in [0, 0.1) is 6.92 Å². The van der Waals surface area contributed by atoms with Crippen molar-refractivity contribution in [2.45, 2.75) is 13.3 Å². The van der Waals surface area contributed by atoms with E-state index in [-0.39, 0.29) is 18.9 Å². The molecule has 1 aliphatic heterocycles. The monoisotopic (exact) mass is 332 g/mol. The third-order valence-corrected chi connectivity index (χ3v) is 4.96. The molecule has 0 unspecified atom stereocenters. The summed E-state index contributed by atoms with van der Waals surface area (Å²) in [6, 6.07) is 0. The third kappa shape index (κ3) is 4.94. The van der Waals surface area contributed by atoms with Crippen LogP contribution in [0.3, 0.4) is 0 Å². The van der Waals surface area contributed by atoms with Crippen molar-refractivity contribution in [3.05, 3.63) is 11.1 Å². The van der Waals surface area contributed by atoms with Crippen LogP contribution in [0.25, 0.3) is 0 Å². The summed E-state index contributed by atoms with van der Waals surface area (Å²) < 4.78 is 24.2. The SMILES string of the molecule is Cc1csc(N2CCN(C(=O)CCNS(C)(=O)=O)CC2)n1. The van der Waals surface area contributed by atoms with Gasteiger partial charge in [0.2, 0.25) is 15.9 Å². The minimum Gasteiger partial charge on any atom is -0.345 e. The van der Waals surface area contributed by atoms with Gasteiger partial charge in [-0.25, -0.2) is 18.1 Å². The zero-order valence-corrected chi connectivity index (χ0v) is 13.8. The van der Waals surface area contributed by atoms with E-state index < -0.39 is 10.0 Å². The first-order valence-electron chi connectivity index (χ1n) is 6.74. The zero-order valence-electron chi connectivity index (χ0n) is 12.2. The summed E-state index contributed by atoms with van der Waals surface area (Å²) in [6.45, 7) is 4.95. The lowest BCUT2D eigenvalue weighted by Gasteiger charge is -2.34. The predicted octanol–water partition coefficient (Wildman–Crippen LogP) is 0.0394. The maximum absolute atomic E-state index is 12.0. The van der Waals surface area contributed by atoms with Crippen molar-refractivity contribution in [2.24, 2.45) is 0 Å². The Morgan fingerprint density at radius 2 is 2.05 bits per heavy atom. The zero-order chi connectivity index (χ0) is 15.5. The molecule has 1 saturated heterocycles. The maximum atomic E-state index is 12.0. The lowest BCUT2D eigenvalue weighted by molar-refractivity contribution is -0.131. The second-order valence-electron chi connectivity index (χ2n) is 5.06. The predicted molar refractivity (Wildman–Crippen MR) is 83.1 cm³/mol. The lowest BCUT2D eigenvalue weighted by Crippen LogP contribution is -2.49. The molecule has 0 atom stereocenters. The molecule has 1 fully saturated rings. The van der Waals surface area contributed by atoms with Gasteiger partial charge in [-0.3, -0.25) is 4.79 Å². The van der Waals surface area contributed by atoms with E-state index in [1.807, 2.05) is 12.3 Å². The maximum Gasteiger partial charge on any atom is 0.224 e. The number of carbonyl (C=O) groups excluding carboxylic acids is 1. The van der Waals surface area contributed by atoms with Crippen molar-refractivity contribution in [3.8, 4) is 0 Å². The highest BCUT2D eigenvalue weighted by molar-refractivity contribution is 7.88. The number of thiazole rings is 1. The summed E-state index contributed by atoms with van der Waals surface area (Å²) in [6.07, 6.45) is 1.29. The summed E-state index contributed by atoms with van der Waals surface area (Å²) in [4.78, 5) is 20.4. The van der Waals surface area contributed by atoms with Gasteiger partial charge in [0.25, 0.3) is 0 Å². The minimum absolute atomic E-state index is 0.0129. The van der Waals surface area contributed by atoms with Gasteiger partial charge in [0.15, 0.2) is 5.13 Å². The number of carbonyl (C=O) groups is 1. The number of hydrogen-bond donors (Lipinski definition) is 1. The number of hydrogen-bond acceptors (Lipinski definition) is 6. The van der Waals surface area contributed by atoms with E-state index in [1.165, 1.54) is 0 Å². The topological polar surface area (TPSA) is 82.6 Å². The summed E-state index contributed by atoms with van der Waals surface area (Å²) in [5.41, 5.74) is 1.01. The van der Waals surface area contributed by atoms with E-state index in [9.17, 15) is 13.2 Å². The van der Waals surface area contributed by atoms with Crippen LogP contribution in [0.15, 0.2) is 5.38 Å². The fourth-order valence-corrected chi connectivity index (χ4v) is 3.47. The molecule has 0 aliphatic carbocycles. The number of aryl methyl sites for hydroxylation is 1. The van der Waals surface area contributed by atoms with Crippen LogP contribution in [0.4, 0.5) is 5.13 Å². The average Bonchev–Trinajstić information content (AvgIpc) is 2.84. The van der Waals surface area contributed by atoms with Crippen LogP contribution in [0.5, 0.6) is 0 Å². The molecular weight excluding hydrogens is 312 g/mol. The first-order chi connectivity index (χ1) is 9.85. The van der Waals surface area contributed by atoms with E-state index >= 15 is 0 Å². The quantitative estimate of drug-likeness (QED) is 0.823. The molecule has 9 heteroatoms. The number of sulfonamides is 1. The second kappa shape index (κ2) is 6.71. The van der Waals surface area contributed by atoms with Gasteiger partial charge in [0, 0.05) is 44.5 Å². The van der Waals surface area contributed by atoms with Crippen molar-refractivity contribution < 1.29 is 13.2 Å². The standard InChI is InChI=1S/C12H20N4O3S2/c1-10-9-20-12(14-10)16-7-5-15(6-8-16)11(17)3-4-13-21(2,18)19/h9,13H,3-8H2,1-2H3. The molecule has 118 valence electrons. The fraction of sp³-hybridized carbons (Fsp3) is 0.667. The van der Waals surface area contributed by atoms with Crippen molar-refractivity contribution in [3.63, 3.8) is 0 Å². The molecule has 7 nitrogen and oxygen atoms in total. The molecule has 0 radical (unpaired) electrons. The van der Waals surface area contributed by atoms with Gasteiger partial charge in [-0.15, -0.1) is 11.3 Å². The molecular formula is C12H20N4O3S2. The van der Waals surface area contributed by atoms with Crippen LogP contribution < -0.4 is 9.62 Å². The van der Waals surface area contributed by atoms with Gasteiger partial charge in [-0.2, -0.15) is 0 Å². The number of anilines is 1. The van der Waals surface area contributed by atoms with Crippen LogP contribution in [-0.2, 0) is 14.8 Å². The number of piperazine rings is 1. The Kier molecular flexibility index (Phi) is 5.17. The number of rotatable bonds is 5. The first-order valence-corrected chi connectivity index (χ1v) is 9.52. The van der Waals surface area contributed by atoms with Gasteiger partial charge in [-0.05, 0) is 6.92 Å². The minimum atomic E-state index is -3.23. The summed E-state index contributed by atoms with van der Waals surface area (Å²) in [7, 11) is -3.23. The Hall–Kier alpha value is -1.19. The lowest BCUT2D eigenvalue weighted by atomic mass is 10.3. The van der Waals surface area contributed by atoms with E-state index in [4.69, 9.17) is 0 Å². The number of amides is 1. The van der Waals surface area contributed by atoms with Gasteiger partial charge < -0.3 is 9.80 Å². The highest BCUT2D eigenvalue weighted by Crippen LogP contribution is 2.21. The Bertz CT molecular complexity index is 591. The number of nitrogens with one attached hydrogen (secondary N) is 1. The van der Waals surface area contributed by atoms with Gasteiger partial charge in [-0.1, -0.05) is 0 Å². The van der Waals surface area contributed by atoms with Gasteiger partial charge >= 0.3 is 0 Å². The van der Waals surface area contributed by atoms with E-state index in [0.717, 1.165) is 30.2 Å². The van der Waals surface area contributed by atoms with Crippen LogP contribution in [0.1, 0.15) is 12.1 Å². The summed E-state index contributed by atoms with van der Waals surface area (Å²) >= 11 is 1.62. The molecule has 21 heavy (non-hydrogen) atoms. The molecule has 0 aromatic carbocycles. The molecule has 1 N–H and O–H groups in total. The first kappa shape index (κ1) is 16.2. The largest absolute Gasteiger partial charge is 0.345 e. The number of nitrogens with zero attached hydrogens (tertiary/aromatic N) is 3.